The fourth-order valence-electron chi connectivity index (χ4n) is 3.43. The molecule has 1 amide bonds. The Hall–Kier alpha value is -5.13. The molecule has 0 heterocycles. The normalized spacial score (nSPS) is 10.5. The van der Waals surface area contributed by atoms with Crippen molar-refractivity contribution < 1.29 is 28.9 Å². The molecule has 0 radical (unpaired) electrons. The van der Waals surface area contributed by atoms with Gasteiger partial charge in [-0.2, -0.15) is 5.26 Å². The van der Waals surface area contributed by atoms with Crippen molar-refractivity contribution in [2.75, 3.05) is 37.5 Å². The molecule has 1 N–H and O–H groups in total. The molecule has 0 aliphatic heterocycles. The van der Waals surface area contributed by atoms with E-state index in [0.717, 1.165) is 12.5 Å². The number of nitrogens with zero attached hydrogens (tertiary/aromatic N) is 6. The molecule has 15 heteroatoms. The van der Waals surface area contributed by atoms with Crippen molar-refractivity contribution in [1.82, 2.24) is 0 Å². The first-order valence-corrected chi connectivity index (χ1v) is 11.2. The first-order chi connectivity index (χ1) is 18.1. The van der Waals surface area contributed by atoms with Crippen LogP contribution in [0.25, 0.3) is 0 Å². The molecular formula is C23H25N7O8. The van der Waals surface area contributed by atoms with Crippen molar-refractivity contribution in [1.29, 1.82) is 5.26 Å². The number of benzene rings is 2. The molecule has 38 heavy (non-hydrogen) atoms. The standard InChI is InChI=1S/C23H25N7O8/c1-5-7-28(8-6-22(32)38-4)19-11-17(25-14(2)31)18(12-21(19)37-3)26-27-23-15(13-24)9-16(29(33)34)10-20(23)30(35)36/h9-12H,5-8H2,1-4H3,(H,25,31). The lowest BCUT2D eigenvalue weighted by molar-refractivity contribution is -0.393. The third-order valence-electron chi connectivity index (χ3n) is 5.12. The van der Waals surface area contributed by atoms with Crippen LogP contribution in [-0.2, 0) is 14.3 Å². The summed E-state index contributed by atoms with van der Waals surface area (Å²) in [6.07, 6.45) is 0.819. The van der Waals surface area contributed by atoms with E-state index in [1.165, 1.54) is 27.2 Å². The van der Waals surface area contributed by atoms with Gasteiger partial charge in [0.1, 0.15) is 17.5 Å². The molecule has 0 atom stereocenters. The van der Waals surface area contributed by atoms with Crippen LogP contribution in [0.3, 0.4) is 0 Å². The third kappa shape index (κ3) is 7.20. The molecule has 0 aromatic heterocycles. The maximum absolute atomic E-state index is 11.9. The van der Waals surface area contributed by atoms with Gasteiger partial charge in [0.2, 0.25) is 5.91 Å². The highest BCUT2D eigenvalue weighted by Crippen LogP contribution is 2.41. The molecule has 15 nitrogen and oxygen atoms in total. The van der Waals surface area contributed by atoms with E-state index >= 15 is 0 Å². The van der Waals surface area contributed by atoms with Crippen LogP contribution in [-0.4, -0.2) is 49.0 Å². The number of non-ortho nitro benzene ring substituents is 1. The number of carbonyl (C=O) groups excluding carboxylic acids is 2. The number of nitro groups is 2. The second-order valence-corrected chi connectivity index (χ2v) is 7.72. The summed E-state index contributed by atoms with van der Waals surface area (Å²) in [6.45, 7) is 4.03. The summed E-state index contributed by atoms with van der Waals surface area (Å²) in [4.78, 5) is 46.4. The van der Waals surface area contributed by atoms with Crippen molar-refractivity contribution in [3.05, 3.63) is 50.1 Å². The molecule has 0 aliphatic rings. The topological polar surface area (TPSA) is 203 Å². The Morgan fingerprint density at radius 2 is 1.82 bits per heavy atom. The highest BCUT2D eigenvalue weighted by molar-refractivity contribution is 5.94. The highest BCUT2D eigenvalue weighted by Gasteiger charge is 2.25. The molecule has 2 rings (SSSR count). The SMILES string of the molecule is CCCN(CCC(=O)OC)c1cc(NC(C)=O)c(N=Nc2c(C#N)cc([N+](=O)[O-])cc2[N+](=O)[O-])cc1OC. The molecule has 0 aliphatic carbocycles. The van der Waals surface area contributed by atoms with Gasteiger partial charge in [0.05, 0.1) is 53.5 Å². The Kier molecular flexibility index (Phi) is 10.2. The van der Waals surface area contributed by atoms with Crippen molar-refractivity contribution in [2.45, 2.75) is 26.7 Å². The quantitative estimate of drug-likeness (QED) is 0.177. The van der Waals surface area contributed by atoms with Crippen molar-refractivity contribution >= 4 is 46.0 Å². The number of nitrogens with one attached hydrogen (secondary N) is 1. The lowest BCUT2D eigenvalue weighted by atomic mass is 10.1. The molecule has 0 bridgehead atoms. The average Bonchev–Trinajstić information content (AvgIpc) is 2.88. The molecular weight excluding hydrogens is 502 g/mol. The molecule has 0 unspecified atom stereocenters. The van der Waals surface area contributed by atoms with Gasteiger partial charge in [-0.1, -0.05) is 6.92 Å². The monoisotopic (exact) mass is 527 g/mol. The van der Waals surface area contributed by atoms with Crippen molar-refractivity contribution in [3.63, 3.8) is 0 Å². The average molecular weight is 527 g/mol. The zero-order valence-corrected chi connectivity index (χ0v) is 21.1. The van der Waals surface area contributed by atoms with Crippen LogP contribution in [0.15, 0.2) is 34.5 Å². The number of methoxy groups -OCH3 is 2. The van der Waals surface area contributed by atoms with Crippen LogP contribution >= 0.6 is 0 Å². The Morgan fingerprint density at radius 3 is 2.34 bits per heavy atom. The van der Waals surface area contributed by atoms with Gasteiger partial charge in [0.15, 0.2) is 5.69 Å². The number of hydrogen-bond donors (Lipinski definition) is 1. The number of azo groups is 1. The summed E-state index contributed by atoms with van der Waals surface area (Å²) in [5.74, 6) is -0.561. The number of nitriles is 1. The predicted molar refractivity (Wildman–Crippen MR) is 135 cm³/mol. The van der Waals surface area contributed by atoms with Crippen molar-refractivity contribution in [2.24, 2.45) is 10.2 Å². The second-order valence-electron chi connectivity index (χ2n) is 7.72. The highest BCUT2D eigenvalue weighted by atomic mass is 16.6. The number of anilines is 2. The van der Waals surface area contributed by atoms with Crippen LogP contribution in [0.4, 0.5) is 34.1 Å². The number of carbonyl (C=O) groups is 2. The van der Waals surface area contributed by atoms with Crippen LogP contribution in [0, 0.1) is 31.6 Å². The van der Waals surface area contributed by atoms with Gasteiger partial charge in [-0.05, 0) is 12.5 Å². The van der Waals surface area contributed by atoms with E-state index < -0.39 is 44.3 Å². The van der Waals surface area contributed by atoms with E-state index in [1.807, 2.05) is 11.8 Å². The van der Waals surface area contributed by atoms with Crippen LogP contribution in [0.5, 0.6) is 5.75 Å². The summed E-state index contributed by atoms with van der Waals surface area (Å²) in [5, 5.41) is 42.6. The Morgan fingerprint density at radius 1 is 1.11 bits per heavy atom. The van der Waals surface area contributed by atoms with E-state index in [0.29, 0.717) is 24.0 Å². The van der Waals surface area contributed by atoms with E-state index in [-0.39, 0.29) is 24.3 Å². The van der Waals surface area contributed by atoms with Crippen LogP contribution < -0.4 is 15.0 Å². The minimum Gasteiger partial charge on any atom is -0.494 e. The zero-order valence-electron chi connectivity index (χ0n) is 21.1. The molecule has 0 saturated heterocycles. The minimum absolute atomic E-state index is 0.0294. The number of hydrogen-bond acceptors (Lipinski definition) is 12. The Labute approximate surface area is 217 Å². The molecule has 2 aromatic carbocycles. The van der Waals surface area contributed by atoms with E-state index in [1.54, 1.807) is 12.1 Å². The number of esters is 1. The molecule has 200 valence electrons. The van der Waals surface area contributed by atoms with E-state index in [9.17, 15) is 35.1 Å². The summed E-state index contributed by atoms with van der Waals surface area (Å²) in [6, 6.07) is 6.16. The Bertz CT molecular complexity index is 1320. The fraction of sp³-hybridized carbons (Fsp3) is 0.348. The van der Waals surface area contributed by atoms with Crippen molar-refractivity contribution in [3.8, 4) is 11.8 Å². The van der Waals surface area contributed by atoms with Gasteiger partial charge >= 0.3 is 11.7 Å². The maximum atomic E-state index is 11.9. The summed E-state index contributed by atoms with van der Waals surface area (Å²) >= 11 is 0. The molecule has 0 saturated carbocycles. The van der Waals surface area contributed by atoms with Gasteiger partial charge < -0.3 is 19.7 Å². The largest absolute Gasteiger partial charge is 0.494 e. The van der Waals surface area contributed by atoms with E-state index in [2.05, 4.69) is 15.5 Å². The molecule has 0 fully saturated rings. The zero-order chi connectivity index (χ0) is 28.4. The first-order valence-electron chi connectivity index (χ1n) is 11.2. The lowest BCUT2D eigenvalue weighted by Gasteiger charge is -2.26. The number of rotatable bonds is 12. The molecule has 0 spiro atoms. The number of ether oxygens (including phenoxy) is 2. The number of nitro benzene ring substituents is 2. The van der Waals surface area contributed by atoms with Gasteiger partial charge in [-0.3, -0.25) is 29.8 Å². The first kappa shape index (κ1) is 29.1. The maximum Gasteiger partial charge on any atom is 0.307 e. The minimum atomic E-state index is -0.912. The van der Waals surface area contributed by atoms with E-state index in [4.69, 9.17) is 9.47 Å². The lowest BCUT2D eigenvalue weighted by Crippen LogP contribution is -2.28. The van der Waals surface area contributed by atoms with Gasteiger partial charge in [-0.15, -0.1) is 10.2 Å². The van der Waals surface area contributed by atoms with Gasteiger partial charge in [0, 0.05) is 32.1 Å². The van der Waals surface area contributed by atoms with Crippen LogP contribution in [0.2, 0.25) is 0 Å². The Balaban J connectivity index is 2.68. The van der Waals surface area contributed by atoms with Crippen LogP contribution in [0.1, 0.15) is 32.3 Å². The van der Waals surface area contributed by atoms with Gasteiger partial charge in [-0.25, -0.2) is 0 Å². The second kappa shape index (κ2) is 13.3. The predicted octanol–water partition coefficient (Wildman–Crippen LogP) is 4.54. The smallest absolute Gasteiger partial charge is 0.307 e. The molecule has 2 aromatic rings. The fourth-order valence-corrected chi connectivity index (χ4v) is 3.43. The summed E-state index contributed by atoms with van der Waals surface area (Å²) < 4.78 is 10.2. The summed E-state index contributed by atoms with van der Waals surface area (Å²) in [5.41, 5.74) is -1.65. The summed E-state index contributed by atoms with van der Waals surface area (Å²) in [7, 11) is 2.69. The number of amides is 1. The third-order valence-corrected chi connectivity index (χ3v) is 5.12. The van der Waals surface area contributed by atoms with Gasteiger partial charge in [0.25, 0.3) is 5.69 Å².